The van der Waals surface area contributed by atoms with E-state index in [-0.39, 0.29) is 11.8 Å². The van der Waals surface area contributed by atoms with Crippen molar-refractivity contribution in [2.75, 3.05) is 19.6 Å². The quantitative estimate of drug-likeness (QED) is 0.397. The van der Waals surface area contributed by atoms with Gasteiger partial charge >= 0.3 is 0 Å². The van der Waals surface area contributed by atoms with E-state index in [1.807, 2.05) is 4.90 Å². The van der Waals surface area contributed by atoms with Crippen LogP contribution in [0.4, 0.5) is 0 Å². The van der Waals surface area contributed by atoms with Gasteiger partial charge in [-0.3, -0.25) is 19.5 Å². The molecule has 2 aliphatic heterocycles. The molecule has 1 saturated heterocycles. The Balaban J connectivity index is 1.08. The molecule has 3 aromatic rings. The SMILES string of the molecule is Cc1ccc(-c2ccc(-c3ccc(C4=NC5(CC5)C(=O)N4C[C@H]4CCCN(C(=O)C5CC5)C4)cc3)cc2)cc1. The molecular weight excluding hydrogens is 482 g/mol. The van der Waals surface area contributed by atoms with E-state index in [0.29, 0.717) is 18.4 Å². The first-order chi connectivity index (χ1) is 19.0. The van der Waals surface area contributed by atoms with E-state index in [1.54, 1.807) is 0 Å². The van der Waals surface area contributed by atoms with E-state index in [0.717, 1.165) is 68.6 Å². The lowest BCUT2D eigenvalue weighted by Crippen LogP contribution is -2.46. The summed E-state index contributed by atoms with van der Waals surface area (Å²) in [7, 11) is 0. The van der Waals surface area contributed by atoms with Crippen molar-refractivity contribution in [1.82, 2.24) is 9.80 Å². The summed E-state index contributed by atoms with van der Waals surface area (Å²) in [5, 5.41) is 0. The molecule has 39 heavy (non-hydrogen) atoms. The Morgan fingerprint density at radius 1 is 0.821 bits per heavy atom. The Bertz CT molecular complexity index is 1430. The lowest BCUT2D eigenvalue weighted by Gasteiger charge is -2.35. The highest BCUT2D eigenvalue weighted by Gasteiger charge is 2.57. The molecule has 2 aliphatic carbocycles. The highest BCUT2D eigenvalue weighted by Crippen LogP contribution is 2.46. The lowest BCUT2D eigenvalue weighted by atomic mass is 9.96. The Morgan fingerprint density at radius 2 is 1.36 bits per heavy atom. The second-order valence-electron chi connectivity index (χ2n) is 12.0. The monoisotopic (exact) mass is 517 g/mol. The van der Waals surface area contributed by atoms with Crippen molar-refractivity contribution in [1.29, 1.82) is 0 Å². The summed E-state index contributed by atoms with van der Waals surface area (Å²) in [6.07, 6.45) is 5.83. The Hall–Kier alpha value is -3.73. The molecule has 3 aromatic carbocycles. The molecule has 2 heterocycles. The number of hydrogen-bond donors (Lipinski definition) is 0. The van der Waals surface area contributed by atoms with Crippen LogP contribution in [0.3, 0.4) is 0 Å². The van der Waals surface area contributed by atoms with Gasteiger partial charge in [-0.05, 0) is 73.6 Å². The smallest absolute Gasteiger partial charge is 0.256 e. The van der Waals surface area contributed by atoms with Crippen LogP contribution in [-0.4, -0.2) is 52.6 Å². The second-order valence-corrected chi connectivity index (χ2v) is 12.0. The van der Waals surface area contributed by atoms with Gasteiger partial charge < -0.3 is 4.90 Å². The third-order valence-electron chi connectivity index (χ3n) is 8.89. The first-order valence-electron chi connectivity index (χ1n) is 14.5. The number of carbonyl (C=O) groups excluding carboxylic acids is 2. The predicted molar refractivity (Wildman–Crippen MR) is 154 cm³/mol. The number of rotatable bonds is 6. The third kappa shape index (κ3) is 4.69. The molecule has 1 atom stereocenters. The standard InChI is InChI=1S/C34H35N3O2/c1-23-4-6-25(7-5-23)26-8-10-27(11-9-26)28-12-14-29(15-13-28)31-35-34(18-19-34)33(39)37(31)22-24-3-2-20-36(21-24)32(38)30-16-17-30/h4-15,24,30H,2-3,16-22H2,1H3/t24-/m0/s1. The summed E-state index contributed by atoms with van der Waals surface area (Å²) in [6, 6.07) is 25.8. The fourth-order valence-electron chi connectivity index (χ4n) is 6.17. The second kappa shape index (κ2) is 9.48. The first-order valence-corrected chi connectivity index (χ1v) is 14.5. The van der Waals surface area contributed by atoms with Gasteiger partial charge in [-0.2, -0.15) is 0 Å². The number of carbonyl (C=O) groups is 2. The molecule has 0 unspecified atom stereocenters. The van der Waals surface area contributed by atoms with Crippen molar-refractivity contribution >= 4 is 17.6 Å². The van der Waals surface area contributed by atoms with E-state index in [9.17, 15) is 9.59 Å². The van der Waals surface area contributed by atoms with Crippen LogP contribution in [0.5, 0.6) is 0 Å². The maximum absolute atomic E-state index is 13.5. The number of aliphatic imine (C=N–C) groups is 1. The number of benzene rings is 3. The van der Waals surface area contributed by atoms with Gasteiger partial charge in [0.15, 0.2) is 0 Å². The fourth-order valence-corrected chi connectivity index (χ4v) is 6.17. The molecule has 1 spiro atoms. The largest absolute Gasteiger partial charge is 0.342 e. The molecule has 0 aromatic heterocycles. The van der Waals surface area contributed by atoms with Gasteiger partial charge in [0, 0.05) is 31.1 Å². The van der Waals surface area contributed by atoms with E-state index in [2.05, 4.69) is 84.6 Å². The van der Waals surface area contributed by atoms with Gasteiger partial charge in [0.2, 0.25) is 5.91 Å². The maximum atomic E-state index is 13.5. The number of amides is 2. The molecule has 4 aliphatic rings. The normalized spacial score (nSPS) is 21.8. The Morgan fingerprint density at radius 3 is 1.90 bits per heavy atom. The number of nitrogens with zero attached hydrogens (tertiary/aromatic N) is 3. The van der Waals surface area contributed by atoms with Crippen LogP contribution in [0.1, 0.15) is 49.7 Å². The molecule has 3 fully saturated rings. The zero-order chi connectivity index (χ0) is 26.6. The number of hydrogen-bond acceptors (Lipinski definition) is 3. The molecule has 0 N–H and O–H groups in total. The van der Waals surface area contributed by atoms with Crippen LogP contribution >= 0.6 is 0 Å². The number of likely N-dealkylation sites (tertiary alicyclic amines) is 1. The molecule has 0 bridgehead atoms. The molecular formula is C34H35N3O2. The zero-order valence-corrected chi connectivity index (χ0v) is 22.6. The van der Waals surface area contributed by atoms with E-state index in [1.165, 1.54) is 22.3 Å². The first kappa shape index (κ1) is 24.3. The Labute approximate surface area is 230 Å². The van der Waals surface area contributed by atoms with Crippen molar-refractivity contribution in [3.05, 3.63) is 83.9 Å². The highest BCUT2D eigenvalue weighted by atomic mass is 16.2. The van der Waals surface area contributed by atoms with Crippen LogP contribution in [0.25, 0.3) is 22.3 Å². The molecule has 0 radical (unpaired) electrons. The minimum absolute atomic E-state index is 0.152. The van der Waals surface area contributed by atoms with Crippen molar-refractivity contribution < 1.29 is 9.59 Å². The molecule has 7 rings (SSSR count). The summed E-state index contributed by atoms with van der Waals surface area (Å²) in [4.78, 5) is 35.1. The summed E-state index contributed by atoms with van der Waals surface area (Å²) in [6.45, 7) is 4.38. The van der Waals surface area contributed by atoms with E-state index in [4.69, 9.17) is 4.99 Å². The van der Waals surface area contributed by atoms with Crippen LogP contribution in [0.2, 0.25) is 0 Å². The Kier molecular flexibility index (Phi) is 5.91. The third-order valence-corrected chi connectivity index (χ3v) is 8.89. The molecule has 5 heteroatoms. The van der Waals surface area contributed by atoms with Crippen molar-refractivity contribution in [3.63, 3.8) is 0 Å². The lowest BCUT2D eigenvalue weighted by molar-refractivity contribution is -0.134. The van der Waals surface area contributed by atoms with Crippen LogP contribution in [-0.2, 0) is 9.59 Å². The minimum Gasteiger partial charge on any atom is -0.342 e. The van der Waals surface area contributed by atoms with Crippen molar-refractivity contribution in [2.45, 2.75) is 51.0 Å². The van der Waals surface area contributed by atoms with E-state index < -0.39 is 5.54 Å². The summed E-state index contributed by atoms with van der Waals surface area (Å²) in [5.41, 5.74) is 6.47. The van der Waals surface area contributed by atoms with Crippen LogP contribution in [0.15, 0.2) is 77.8 Å². The van der Waals surface area contributed by atoms with Crippen LogP contribution in [0, 0.1) is 18.8 Å². The summed E-state index contributed by atoms with van der Waals surface area (Å²) in [5.74, 6) is 1.84. The van der Waals surface area contributed by atoms with Gasteiger partial charge in [-0.25, -0.2) is 0 Å². The van der Waals surface area contributed by atoms with Crippen molar-refractivity contribution in [3.8, 4) is 22.3 Å². The van der Waals surface area contributed by atoms with Gasteiger partial charge in [0.25, 0.3) is 5.91 Å². The maximum Gasteiger partial charge on any atom is 0.256 e. The van der Waals surface area contributed by atoms with Gasteiger partial charge in [0.1, 0.15) is 11.4 Å². The average Bonchev–Trinajstić information content (AvgIpc) is 3.91. The molecule has 198 valence electrons. The van der Waals surface area contributed by atoms with Gasteiger partial charge in [0.05, 0.1) is 0 Å². The molecule has 5 nitrogen and oxygen atoms in total. The minimum atomic E-state index is -0.530. The number of aryl methyl sites for hydroxylation is 1. The average molecular weight is 518 g/mol. The highest BCUT2D eigenvalue weighted by molar-refractivity contribution is 6.16. The van der Waals surface area contributed by atoms with Crippen molar-refractivity contribution in [2.24, 2.45) is 16.8 Å². The fraction of sp³-hybridized carbons (Fsp3) is 0.382. The number of amidine groups is 1. The number of piperidine rings is 1. The summed E-state index contributed by atoms with van der Waals surface area (Å²) >= 11 is 0. The van der Waals surface area contributed by atoms with Gasteiger partial charge in [-0.15, -0.1) is 0 Å². The topological polar surface area (TPSA) is 53.0 Å². The zero-order valence-electron chi connectivity index (χ0n) is 22.6. The van der Waals surface area contributed by atoms with E-state index >= 15 is 0 Å². The molecule has 2 amide bonds. The van der Waals surface area contributed by atoms with Gasteiger partial charge in [-0.1, -0.05) is 78.4 Å². The predicted octanol–water partition coefficient (Wildman–Crippen LogP) is 6.10. The summed E-state index contributed by atoms with van der Waals surface area (Å²) < 4.78 is 0. The molecule has 2 saturated carbocycles. The van der Waals surface area contributed by atoms with Crippen LogP contribution < -0.4 is 0 Å².